The summed E-state index contributed by atoms with van der Waals surface area (Å²) in [5.74, 6) is 0. The van der Waals surface area contributed by atoms with Crippen molar-refractivity contribution in [2.24, 2.45) is 0 Å². The van der Waals surface area contributed by atoms with Crippen molar-refractivity contribution in [3.8, 4) is 0 Å². The molecule has 2 aromatic rings. The molecule has 0 fully saturated rings. The number of benzene rings is 2. The van der Waals surface area contributed by atoms with Crippen molar-refractivity contribution in [2.75, 3.05) is 18.9 Å². The molecule has 0 atom stereocenters. The second kappa shape index (κ2) is 7.40. The maximum absolute atomic E-state index is 12.2. The number of carbonyl (C=O) groups is 1. The van der Waals surface area contributed by atoms with Gasteiger partial charge in [-0.15, -0.1) is 0 Å². The molecule has 120 valence electrons. The van der Waals surface area contributed by atoms with Gasteiger partial charge in [-0.3, -0.25) is 10.1 Å². The molecule has 23 heavy (non-hydrogen) atoms. The number of anilines is 1. The topological polar surface area (TPSA) is 75.5 Å². The number of urea groups is 1. The number of likely N-dealkylation sites (N-methyl/N-ethyl adjacent to an activating group) is 1. The highest BCUT2D eigenvalue weighted by Crippen LogP contribution is 2.14. The number of nitrogens with zero attached hydrogens (tertiary/aromatic N) is 2. The first-order valence-corrected chi connectivity index (χ1v) is 7.28. The number of aryl methyl sites for hydroxylation is 1. The number of nitro benzene ring substituents is 1. The van der Waals surface area contributed by atoms with Gasteiger partial charge in [0.05, 0.1) is 4.92 Å². The molecule has 0 aromatic heterocycles. The van der Waals surface area contributed by atoms with E-state index in [9.17, 15) is 14.9 Å². The summed E-state index contributed by atoms with van der Waals surface area (Å²) in [5, 5.41) is 13.5. The van der Waals surface area contributed by atoms with Gasteiger partial charge in [-0.25, -0.2) is 4.79 Å². The third-order valence-corrected chi connectivity index (χ3v) is 3.62. The van der Waals surface area contributed by atoms with Crippen LogP contribution < -0.4 is 5.32 Å². The lowest BCUT2D eigenvalue weighted by atomic mass is 10.1. The highest BCUT2D eigenvalue weighted by molar-refractivity contribution is 5.89. The Morgan fingerprint density at radius 3 is 2.43 bits per heavy atom. The van der Waals surface area contributed by atoms with Gasteiger partial charge in [0.1, 0.15) is 0 Å². The van der Waals surface area contributed by atoms with E-state index in [1.807, 2.05) is 31.2 Å². The van der Waals surface area contributed by atoms with Gasteiger partial charge in [0.2, 0.25) is 0 Å². The SMILES string of the molecule is Cc1ccccc1NC(=O)N(C)CCc1ccc([N+](=O)[O-])cc1. The Kier molecular flexibility index (Phi) is 5.30. The number of non-ortho nitro benzene ring substituents is 1. The normalized spacial score (nSPS) is 10.2. The van der Waals surface area contributed by atoms with Crippen LogP contribution in [0, 0.1) is 17.0 Å². The minimum atomic E-state index is -0.425. The van der Waals surface area contributed by atoms with Crippen LogP contribution in [-0.4, -0.2) is 29.4 Å². The average molecular weight is 313 g/mol. The Hall–Kier alpha value is -2.89. The number of nitro groups is 1. The second-order valence-electron chi connectivity index (χ2n) is 5.34. The monoisotopic (exact) mass is 313 g/mol. The molecule has 6 nitrogen and oxygen atoms in total. The van der Waals surface area contributed by atoms with Crippen LogP contribution in [0.15, 0.2) is 48.5 Å². The predicted molar refractivity (Wildman–Crippen MR) is 89.6 cm³/mol. The minimum Gasteiger partial charge on any atom is -0.327 e. The van der Waals surface area contributed by atoms with Crippen molar-refractivity contribution in [1.82, 2.24) is 4.90 Å². The fourth-order valence-corrected chi connectivity index (χ4v) is 2.11. The van der Waals surface area contributed by atoms with Gasteiger partial charge in [0, 0.05) is 31.4 Å². The molecular weight excluding hydrogens is 294 g/mol. The summed E-state index contributed by atoms with van der Waals surface area (Å²) in [6.45, 7) is 2.46. The average Bonchev–Trinajstić information content (AvgIpc) is 2.55. The van der Waals surface area contributed by atoms with Gasteiger partial charge in [0.15, 0.2) is 0 Å². The van der Waals surface area contributed by atoms with Crippen molar-refractivity contribution in [3.63, 3.8) is 0 Å². The van der Waals surface area contributed by atoms with Gasteiger partial charge in [0.25, 0.3) is 5.69 Å². The first kappa shape index (κ1) is 16.5. The molecule has 0 heterocycles. The van der Waals surface area contributed by atoms with E-state index in [2.05, 4.69) is 5.32 Å². The molecule has 2 rings (SSSR count). The first-order valence-electron chi connectivity index (χ1n) is 7.28. The smallest absolute Gasteiger partial charge is 0.321 e. The second-order valence-corrected chi connectivity index (χ2v) is 5.34. The largest absolute Gasteiger partial charge is 0.327 e. The third kappa shape index (κ3) is 4.54. The standard InChI is InChI=1S/C17H19N3O3/c1-13-5-3-4-6-16(13)18-17(21)19(2)12-11-14-7-9-15(10-8-14)20(22)23/h3-10H,11-12H2,1-2H3,(H,18,21). The molecule has 2 amide bonds. The summed E-state index contributed by atoms with van der Waals surface area (Å²) < 4.78 is 0. The first-order chi connectivity index (χ1) is 11.0. The van der Waals surface area contributed by atoms with Crippen LogP contribution >= 0.6 is 0 Å². The molecule has 0 aliphatic rings. The number of hydrogen-bond donors (Lipinski definition) is 1. The van der Waals surface area contributed by atoms with Crippen LogP contribution in [0.1, 0.15) is 11.1 Å². The van der Waals surface area contributed by atoms with Gasteiger partial charge in [-0.2, -0.15) is 0 Å². The third-order valence-electron chi connectivity index (χ3n) is 3.62. The molecular formula is C17H19N3O3. The van der Waals surface area contributed by atoms with E-state index < -0.39 is 4.92 Å². The van der Waals surface area contributed by atoms with E-state index in [4.69, 9.17) is 0 Å². The Bertz CT molecular complexity index is 698. The van der Waals surface area contributed by atoms with Gasteiger partial charge in [-0.1, -0.05) is 30.3 Å². The van der Waals surface area contributed by atoms with Crippen molar-refractivity contribution in [3.05, 3.63) is 69.8 Å². The minimum absolute atomic E-state index is 0.0689. The fourth-order valence-electron chi connectivity index (χ4n) is 2.11. The molecule has 0 saturated heterocycles. The maximum atomic E-state index is 12.2. The van der Waals surface area contributed by atoms with Crippen LogP contribution in [0.2, 0.25) is 0 Å². The lowest BCUT2D eigenvalue weighted by Crippen LogP contribution is -2.33. The summed E-state index contributed by atoms with van der Waals surface area (Å²) in [6.07, 6.45) is 0.635. The van der Waals surface area contributed by atoms with Gasteiger partial charge >= 0.3 is 6.03 Å². The molecule has 0 aliphatic heterocycles. The summed E-state index contributed by atoms with van der Waals surface area (Å²) in [4.78, 5) is 23.9. The predicted octanol–water partition coefficient (Wildman–Crippen LogP) is 3.61. The number of hydrogen-bond acceptors (Lipinski definition) is 3. The molecule has 2 aromatic carbocycles. The Morgan fingerprint density at radius 2 is 1.83 bits per heavy atom. The number of carbonyl (C=O) groups excluding carboxylic acids is 1. The van der Waals surface area contributed by atoms with Crippen molar-refractivity contribution < 1.29 is 9.72 Å². The Balaban J connectivity index is 1.89. The van der Waals surface area contributed by atoms with E-state index in [0.29, 0.717) is 13.0 Å². The quantitative estimate of drug-likeness (QED) is 0.676. The molecule has 0 aliphatic carbocycles. The van der Waals surface area contributed by atoms with Crippen LogP contribution in [0.4, 0.5) is 16.2 Å². The van der Waals surface area contributed by atoms with Crippen molar-refractivity contribution in [2.45, 2.75) is 13.3 Å². The van der Waals surface area contributed by atoms with E-state index in [-0.39, 0.29) is 11.7 Å². The summed E-state index contributed by atoms with van der Waals surface area (Å²) in [5.41, 5.74) is 2.81. The molecule has 0 unspecified atom stereocenters. The van der Waals surface area contributed by atoms with Crippen molar-refractivity contribution in [1.29, 1.82) is 0 Å². The van der Waals surface area contributed by atoms with Crippen LogP contribution in [0.5, 0.6) is 0 Å². The van der Waals surface area contributed by atoms with Crippen LogP contribution in [-0.2, 0) is 6.42 Å². The summed E-state index contributed by atoms with van der Waals surface area (Å²) in [7, 11) is 1.72. The number of nitrogens with one attached hydrogen (secondary N) is 1. The molecule has 0 radical (unpaired) electrons. The van der Waals surface area contributed by atoms with E-state index in [1.54, 1.807) is 24.1 Å². The summed E-state index contributed by atoms with van der Waals surface area (Å²) >= 11 is 0. The highest BCUT2D eigenvalue weighted by atomic mass is 16.6. The Labute approximate surface area is 134 Å². The Morgan fingerprint density at radius 1 is 1.17 bits per heavy atom. The van der Waals surface area contributed by atoms with Crippen molar-refractivity contribution >= 4 is 17.4 Å². The summed E-state index contributed by atoms with van der Waals surface area (Å²) in [6, 6.07) is 13.8. The zero-order valence-corrected chi connectivity index (χ0v) is 13.2. The zero-order chi connectivity index (χ0) is 16.8. The number of para-hydroxylation sites is 1. The zero-order valence-electron chi connectivity index (χ0n) is 13.2. The number of rotatable bonds is 5. The molecule has 0 bridgehead atoms. The molecule has 0 spiro atoms. The van der Waals surface area contributed by atoms with Gasteiger partial charge < -0.3 is 10.2 Å². The maximum Gasteiger partial charge on any atom is 0.321 e. The van der Waals surface area contributed by atoms with Crippen LogP contribution in [0.3, 0.4) is 0 Å². The lowest BCUT2D eigenvalue weighted by Gasteiger charge is -2.18. The van der Waals surface area contributed by atoms with E-state index in [0.717, 1.165) is 16.8 Å². The molecule has 0 saturated carbocycles. The number of amides is 2. The lowest BCUT2D eigenvalue weighted by molar-refractivity contribution is -0.384. The molecule has 6 heteroatoms. The molecule has 1 N–H and O–H groups in total. The van der Waals surface area contributed by atoms with Crippen LogP contribution in [0.25, 0.3) is 0 Å². The fraction of sp³-hybridized carbons (Fsp3) is 0.235. The van der Waals surface area contributed by atoms with E-state index >= 15 is 0 Å². The van der Waals surface area contributed by atoms with Gasteiger partial charge in [-0.05, 0) is 30.5 Å². The highest BCUT2D eigenvalue weighted by Gasteiger charge is 2.10. The van der Waals surface area contributed by atoms with E-state index in [1.165, 1.54) is 12.1 Å².